The van der Waals surface area contributed by atoms with Crippen molar-refractivity contribution in [3.8, 4) is 0 Å². The van der Waals surface area contributed by atoms with Crippen LogP contribution >= 0.6 is 0 Å². The molecule has 2 heterocycles. The van der Waals surface area contributed by atoms with Crippen LogP contribution in [0.25, 0.3) is 10.9 Å². The van der Waals surface area contributed by atoms with Crippen molar-refractivity contribution in [2.75, 3.05) is 0 Å². The van der Waals surface area contributed by atoms with E-state index in [0.717, 1.165) is 33.3 Å². The summed E-state index contributed by atoms with van der Waals surface area (Å²) < 4.78 is 19.5. The Balaban J connectivity index is 1.58. The van der Waals surface area contributed by atoms with E-state index in [4.69, 9.17) is 4.74 Å². The summed E-state index contributed by atoms with van der Waals surface area (Å²) in [6, 6.07) is 23.5. The maximum absolute atomic E-state index is 13.9. The molecule has 1 saturated heterocycles. The number of carbonyl (C=O) groups is 2. The van der Waals surface area contributed by atoms with Crippen LogP contribution in [-0.2, 0) is 20.7 Å². The van der Waals surface area contributed by atoms with Gasteiger partial charge in [0.1, 0.15) is 11.7 Å². The lowest BCUT2D eigenvalue weighted by Crippen LogP contribution is -2.28. The molecule has 0 spiro atoms. The van der Waals surface area contributed by atoms with Gasteiger partial charge in [-0.25, -0.2) is 4.39 Å². The van der Waals surface area contributed by atoms with E-state index in [1.54, 1.807) is 6.07 Å². The van der Waals surface area contributed by atoms with Crippen molar-refractivity contribution in [2.24, 2.45) is 5.92 Å². The number of hydrogen-bond donors (Lipinski definition) is 1. The molecule has 5 heteroatoms. The standard InChI is InChI=1S/C27H22FNO3/c1-16-20-15-19(28)12-13-21(20)29-25(16)23(18-10-6-3-7-11-18)24-26(30)22(32-27(24)31)14-17-8-4-2-5-9-17/h2-13,15,22-24,29H,14H2,1H3. The smallest absolute Gasteiger partial charge is 0.318 e. The number of esters is 1. The third-order valence-electron chi connectivity index (χ3n) is 6.26. The summed E-state index contributed by atoms with van der Waals surface area (Å²) >= 11 is 0. The molecule has 1 aromatic heterocycles. The van der Waals surface area contributed by atoms with Crippen molar-refractivity contribution < 1.29 is 18.7 Å². The van der Waals surface area contributed by atoms with Crippen LogP contribution in [0.3, 0.4) is 0 Å². The van der Waals surface area contributed by atoms with Gasteiger partial charge in [0, 0.05) is 28.9 Å². The van der Waals surface area contributed by atoms with Gasteiger partial charge in [-0.2, -0.15) is 0 Å². The zero-order chi connectivity index (χ0) is 22.2. The number of ketones is 1. The number of aromatic amines is 1. The summed E-state index contributed by atoms with van der Waals surface area (Å²) in [5.74, 6) is -2.59. The number of hydrogen-bond acceptors (Lipinski definition) is 3. The van der Waals surface area contributed by atoms with Crippen LogP contribution in [0.15, 0.2) is 78.9 Å². The van der Waals surface area contributed by atoms with Crippen LogP contribution in [0, 0.1) is 18.7 Å². The van der Waals surface area contributed by atoms with Gasteiger partial charge in [0.05, 0.1) is 0 Å². The number of ether oxygens (including phenoxy) is 1. The Hall–Kier alpha value is -3.73. The normalized spacial score (nSPS) is 19.3. The number of halogens is 1. The van der Waals surface area contributed by atoms with E-state index in [9.17, 15) is 14.0 Å². The third-order valence-corrected chi connectivity index (χ3v) is 6.26. The Morgan fingerprint density at radius 2 is 1.66 bits per heavy atom. The first kappa shape index (κ1) is 20.2. The van der Waals surface area contributed by atoms with Crippen molar-refractivity contribution >= 4 is 22.7 Å². The van der Waals surface area contributed by atoms with Gasteiger partial charge in [0.25, 0.3) is 0 Å². The van der Waals surface area contributed by atoms with Crippen LogP contribution in [-0.4, -0.2) is 22.8 Å². The van der Waals surface area contributed by atoms with Gasteiger partial charge < -0.3 is 9.72 Å². The molecule has 0 radical (unpaired) electrons. The predicted molar refractivity (Wildman–Crippen MR) is 120 cm³/mol. The molecule has 4 nitrogen and oxygen atoms in total. The molecule has 0 aliphatic carbocycles. The molecule has 3 unspecified atom stereocenters. The van der Waals surface area contributed by atoms with Gasteiger partial charge in [-0.05, 0) is 41.8 Å². The Morgan fingerprint density at radius 3 is 2.38 bits per heavy atom. The van der Waals surface area contributed by atoms with E-state index in [1.165, 1.54) is 12.1 Å². The van der Waals surface area contributed by atoms with E-state index >= 15 is 0 Å². The molecule has 1 aliphatic heterocycles. The number of rotatable bonds is 5. The second-order valence-corrected chi connectivity index (χ2v) is 8.24. The van der Waals surface area contributed by atoms with Crippen molar-refractivity contribution in [1.82, 2.24) is 4.98 Å². The molecule has 0 amide bonds. The van der Waals surface area contributed by atoms with Gasteiger partial charge in [0.2, 0.25) is 0 Å². The highest BCUT2D eigenvalue weighted by Gasteiger charge is 2.49. The number of aryl methyl sites for hydroxylation is 1. The lowest BCUT2D eigenvalue weighted by Gasteiger charge is -2.21. The average molecular weight is 427 g/mol. The Bertz CT molecular complexity index is 1300. The average Bonchev–Trinajstić information content (AvgIpc) is 3.27. The van der Waals surface area contributed by atoms with Gasteiger partial charge >= 0.3 is 5.97 Å². The Morgan fingerprint density at radius 1 is 0.969 bits per heavy atom. The molecule has 1 aliphatic rings. The van der Waals surface area contributed by atoms with Gasteiger partial charge in [-0.1, -0.05) is 60.7 Å². The summed E-state index contributed by atoms with van der Waals surface area (Å²) in [6.07, 6.45) is -0.469. The zero-order valence-corrected chi connectivity index (χ0v) is 17.5. The van der Waals surface area contributed by atoms with Crippen LogP contribution < -0.4 is 0 Å². The largest absolute Gasteiger partial charge is 0.453 e. The van der Waals surface area contributed by atoms with E-state index in [2.05, 4.69) is 4.98 Å². The maximum Gasteiger partial charge on any atom is 0.318 e. The summed E-state index contributed by atoms with van der Waals surface area (Å²) in [5.41, 5.74) is 4.08. The Kier molecular flexibility index (Phi) is 5.10. The van der Waals surface area contributed by atoms with Gasteiger partial charge in [-0.15, -0.1) is 0 Å². The molecule has 1 fully saturated rings. The highest BCUT2D eigenvalue weighted by Crippen LogP contribution is 2.40. The second kappa shape index (κ2) is 8.08. The van der Waals surface area contributed by atoms with E-state index in [-0.39, 0.29) is 11.6 Å². The first-order valence-electron chi connectivity index (χ1n) is 10.6. The first-order valence-corrected chi connectivity index (χ1v) is 10.6. The molecular formula is C27H22FNO3. The first-order chi connectivity index (χ1) is 15.5. The van der Waals surface area contributed by atoms with Crippen molar-refractivity contribution in [3.05, 3.63) is 107 Å². The maximum atomic E-state index is 13.9. The molecule has 32 heavy (non-hydrogen) atoms. The predicted octanol–water partition coefficient (Wildman–Crippen LogP) is 5.10. The van der Waals surface area contributed by atoms with Crippen molar-refractivity contribution in [1.29, 1.82) is 0 Å². The fourth-order valence-corrected chi connectivity index (χ4v) is 4.68. The molecule has 3 aromatic carbocycles. The summed E-state index contributed by atoms with van der Waals surface area (Å²) in [5, 5.41) is 0.737. The monoisotopic (exact) mass is 427 g/mol. The number of nitrogens with one attached hydrogen (secondary N) is 1. The minimum atomic E-state index is -0.970. The van der Waals surface area contributed by atoms with Crippen LogP contribution in [0.5, 0.6) is 0 Å². The van der Waals surface area contributed by atoms with E-state index in [0.29, 0.717) is 6.42 Å². The molecule has 1 N–H and O–H groups in total. The summed E-state index contributed by atoms with van der Waals surface area (Å²) in [6.45, 7) is 1.88. The minimum absolute atomic E-state index is 0.225. The number of fused-ring (bicyclic) bond motifs is 1. The minimum Gasteiger partial charge on any atom is -0.453 e. The number of cyclic esters (lactones) is 1. The topological polar surface area (TPSA) is 59.2 Å². The highest BCUT2D eigenvalue weighted by atomic mass is 19.1. The molecule has 160 valence electrons. The molecule has 0 bridgehead atoms. The Labute approximate surface area is 185 Å². The van der Waals surface area contributed by atoms with Crippen LogP contribution in [0.1, 0.15) is 28.3 Å². The number of Topliss-reactive ketones (excluding diaryl/α,β-unsaturated/α-hetero) is 1. The summed E-state index contributed by atoms with van der Waals surface area (Å²) in [4.78, 5) is 29.9. The fraction of sp³-hybridized carbons (Fsp3) is 0.185. The zero-order valence-electron chi connectivity index (χ0n) is 17.5. The van der Waals surface area contributed by atoms with E-state index < -0.39 is 23.9 Å². The lowest BCUT2D eigenvalue weighted by atomic mass is 9.79. The lowest BCUT2D eigenvalue weighted by molar-refractivity contribution is -0.144. The highest BCUT2D eigenvalue weighted by molar-refractivity contribution is 6.08. The van der Waals surface area contributed by atoms with Crippen molar-refractivity contribution in [3.63, 3.8) is 0 Å². The molecular weight excluding hydrogens is 405 g/mol. The number of H-pyrrole nitrogens is 1. The third kappa shape index (κ3) is 3.50. The SMILES string of the molecule is Cc1c(C(c2ccccc2)C2C(=O)OC(Cc3ccccc3)C2=O)[nH]c2ccc(F)cc12. The number of aromatic nitrogens is 1. The fourth-order valence-electron chi connectivity index (χ4n) is 4.68. The van der Waals surface area contributed by atoms with Crippen LogP contribution in [0.4, 0.5) is 4.39 Å². The quantitative estimate of drug-likeness (QED) is 0.356. The summed E-state index contributed by atoms with van der Waals surface area (Å²) in [7, 11) is 0. The molecule has 5 rings (SSSR count). The van der Waals surface area contributed by atoms with Gasteiger partial charge in [-0.3, -0.25) is 9.59 Å². The van der Waals surface area contributed by atoms with Crippen LogP contribution in [0.2, 0.25) is 0 Å². The van der Waals surface area contributed by atoms with Gasteiger partial charge in [0.15, 0.2) is 11.9 Å². The molecule has 4 aromatic rings. The number of carbonyl (C=O) groups excluding carboxylic acids is 2. The van der Waals surface area contributed by atoms with Crippen molar-refractivity contribution in [2.45, 2.75) is 25.4 Å². The number of benzene rings is 3. The molecule has 0 saturated carbocycles. The second-order valence-electron chi connectivity index (χ2n) is 8.24. The van der Waals surface area contributed by atoms with E-state index in [1.807, 2.05) is 67.6 Å². The molecule has 3 atom stereocenters.